The van der Waals surface area contributed by atoms with Crippen LogP contribution in [-0.4, -0.2) is 34.4 Å². The van der Waals surface area contributed by atoms with Crippen molar-refractivity contribution in [3.63, 3.8) is 0 Å². The van der Waals surface area contributed by atoms with Gasteiger partial charge in [-0.05, 0) is 7.05 Å². The van der Waals surface area contributed by atoms with Gasteiger partial charge in [0.15, 0.2) is 5.78 Å². The molecule has 12 heteroatoms. The molecule has 0 spiro atoms. The average molecular weight is 443 g/mol. The maximum absolute atomic E-state index is 12.8. The maximum atomic E-state index is 12.8. The highest BCUT2D eigenvalue weighted by Crippen LogP contribution is 2.27. The average Bonchev–Trinajstić information content (AvgIpc) is 2.67. The van der Waals surface area contributed by atoms with Crippen molar-refractivity contribution in [3.8, 4) is 0 Å². The number of Topliss-reactive ketones (excluding diaryl/α,β-unsaturated/α-hetero) is 1. The van der Waals surface area contributed by atoms with Gasteiger partial charge in [0.25, 0.3) is 5.69 Å². The zero-order valence-electron chi connectivity index (χ0n) is 15.9. The van der Waals surface area contributed by atoms with Crippen molar-refractivity contribution in [1.82, 2.24) is 5.32 Å². The molecule has 2 atom stereocenters. The fourth-order valence-electron chi connectivity index (χ4n) is 2.52. The molecular formula is C18H19ClN2O9. The van der Waals surface area contributed by atoms with Crippen LogP contribution < -0.4 is 19.3 Å². The van der Waals surface area contributed by atoms with Gasteiger partial charge in [0.1, 0.15) is 12.1 Å². The van der Waals surface area contributed by atoms with E-state index in [1.807, 2.05) is 0 Å². The summed E-state index contributed by atoms with van der Waals surface area (Å²) in [6.45, 7) is 1.23. The van der Waals surface area contributed by atoms with E-state index in [9.17, 15) is 19.7 Å². The third-order valence-corrected chi connectivity index (χ3v) is 3.66. The van der Waals surface area contributed by atoms with Crippen LogP contribution in [0.5, 0.6) is 0 Å². The molecule has 11 nitrogen and oxygen atoms in total. The summed E-state index contributed by atoms with van der Waals surface area (Å²) >= 11 is 0. The van der Waals surface area contributed by atoms with Crippen molar-refractivity contribution >= 4 is 17.4 Å². The molecule has 2 rings (SSSR count). The summed E-state index contributed by atoms with van der Waals surface area (Å²) in [5, 5.41) is 13.9. The third kappa shape index (κ3) is 8.61. The molecule has 0 heterocycles. The van der Waals surface area contributed by atoms with Crippen LogP contribution in [0.4, 0.5) is 5.69 Å². The molecule has 2 aromatic rings. The lowest BCUT2D eigenvalue weighted by atomic mass is 9.94. The quantitative estimate of drug-likeness (QED) is 0.222. The number of benzene rings is 2. The van der Waals surface area contributed by atoms with Crippen molar-refractivity contribution < 1.29 is 48.1 Å². The first-order chi connectivity index (χ1) is 13.9. The van der Waals surface area contributed by atoms with Gasteiger partial charge in [-0.25, -0.2) is 0 Å². The summed E-state index contributed by atoms with van der Waals surface area (Å²) in [6, 6.07) is 13.4. The van der Waals surface area contributed by atoms with Crippen LogP contribution in [0.25, 0.3) is 0 Å². The number of nitrogens with one attached hydrogen (secondary N) is 1. The second kappa shape index (κ2) is 11.3. The SMILES string of the molecule is CNC(C(=O)c1ccccc1)C(OC(C)=O)c1cccc([N+](=O)[O-])c1.[O-][Cl+3]([O-])([O-])O. The molecule has 2 unspecified atom stereocenters. The van der Waals surface area contributed by atoms with E-state index >= 15 is 0 Å². The Bertz CT molecular complexity index is 865. The predicted octanol–water partition coefficient (Wildman–Crippen LogP) is -1.45. The lowest BCUT2D eigenvalue weighted by Crippen LogP contribution is -2.58. The Morgan fingerprint density at radius 1 is 1.10 bits per heavy atom. The topological polar surface area (TPSA) is 188 Å². The molecule has 0 saturated heterocycles. The number of nitrogens with zero attached hydrogens (tertiary/aromatic N) is 1. The molecule has 0 aliphatic carbocycles. The van der Waals surface area contributed by atoms with Gasteiger partial charge in [-0.15, -0.1) is 0 Å². The molecule has 2 aromatic carbocycles. The van der Waals surface area contributed by atoms with Gasteiger partial charge in [-0.3, -0.25) is 19.7 Å². The molecule has 2 N–H and O–H groups in total. The number of non-ortho nitro benzene ring substituents is 1. The summed E-state index contributed by atoms with van der Waals surface area (Å²) in [5.41, 5.74) is 0.675. The number of esters is 1. The highest BCUT2D eigenvalue weighted by Gasteiger charge is 2.32. The minimum Gasteiger partial charge on any atom is -0.455 e. The maximum Gasteiger partial charge on any atom is 0.303 e. The first kappa shape index (κ1) is 25.1. The molecule has 0 radical (unpaired) electrons. The Morgan fingerprint density at radius 3 is 2.13 bits per heavy atom. The van der Waals surface area contributed by atoms with Crippen LogP contribution in [0.2, 0.25) is 0 Å². The molecular weight excluding hydrogens is 424 g/mol. The van der Waals surface area contributed by atoms with Gasteiger partial charge in [0.2, 0.25) is 0 Å². The molecule has 0 fully saturated rings. The number of carbonyl (C=O) groups is 2. The smallest absolute Gasteiger partial charge is 0.303 e. The zero-order valence-corrected chi connectivity index (χ0v) is 16.6. The van der Waals surface area contributed by atoms with E-state index in [-0.39, 0.29) is 11.5 Å². The van der Waals surface area contributed by atoms with Crippen LogP contribution in [0.15, 0.2) is 54.6 Å². The van der Waals surface area contributed by atoms with Crippen LogP contribution in [0.3, 0.4) is 0 Å². The first-order valence-corrected chi connectivity index (χ1v) is 9.51. The minimum absolute atomic E-state index is 0.142. The standard InChI is InChI=1S/C18H18N2O5.ClHO4/c1-12(21)25-18(14-9-6-10-15(11-14)20(23)24)16(19-2)17(22)13-7-4-3-5-8-13;2-1(3,4)5/h3-11,16,18-19H,1-2H3;(H,2,3,4,5). The van der Waals surface area contributed by atoms with E-state index in [1.54, 1.807) is 43.4 Å². The summed E-state index contributed by atoms with van der Waals surface area (Å²) in [5.74, 6) is -0.863. The fraction of sp³-hybridized carbons (Fsp3) is 0.222. The first-order valence-electron chi connectivity index (χ1n) is 8.25. The number of hydrogen-bond donors (Lipinski definition) is 2. The summed E-state index contributed by atoms with van der Waals surface area (Å²) in [4.78, 5) is 34.8. The van der Waals surface area contributed by atoms with E-state index < -0.39 is 33.3 Å². The Balaban J connectivity index is 0.000000804. The van der Waals surface area contributed by atoms with Crippen LogP contribution in [0, 0.1) is 20.4 Å². The number of carbonyl (C=O) groups excluding carboxylic acids is 2. The Hall–Kier alpha value is -2.93. The monoisotopic (exact) mass is 442 g/mol. The van der Waals surface area contributed by atoms with Gasteiger partial charge in [0, 0.05) is 30.2 Å². The number of ketones is 1. The second-order valence-corrected chi connectivity index (χ2v) is 6.57. The normalized spacial score (nSPS) is 12.7. The molecule has 0 aliphatic rings. The second-order valence-electron chi connectivity index (χ2n) is 5.77. The van der Waals surface area contributed by atoms with Crippen LogP contribution >= 0.6 is 0 Å². The number of halogens is 1. The molecule has 0 saturated carbocycles. The molecule has 0 aliphatic heterocycles. The lowest BCUT2D eigenvalue weighted by Gasteiger charge is -2.25. The van der Waals surface area contributed by atoms with Gasteiger partial charge in [-0.1, -0.05) is 42.5 Å². The van der Waals surface area contributed by atoms with E-state index in [0.717, 1.165) is 0 Å². The number of ether oxygens (including phenoxy) is 1. The minimum atomic E-state index is -4.69. The Morgan fingerprint density at radius 2 is 1.67 bits per heavy atom. The molecule has 30 heavy (non-hydrogen) atoms. The Kier molecular flexibility index (Phi) is 9.46. The molecule has 162 valence electrons. The summed E-state index contributed by atoms with van der Waals surface area (Å²) < 4.78 is 38.0. The summed E-state index contributed by atoms with van der Waals surface area (Å²) in [6.07, 6.45) is -0.991. The molecule has 0 amide bonds. The Labute approximate surface area is 173 Å². The predicted molar refractivity (Wildman–Crippen MR) is 93.4 cm³/mol. The van der Waals surface area contributed by atoms with Crippen LogP contribution in [-0.2, 0) is 9.53 Å². The van der Waals surface area contributed by atoms with Gasteiger partial charge in [-0.2, -0.15) is 14.0 Å². The number of nitro groups is 1. The van der Waals surface area contributed by atoms with Crippen molar-refractivity contribution in [2.45, 2.75) is 19.1 Å². The molecule has 0 aromatic heterocycles. The lowest BCUT2D eigenvalue weighted by molar-refractivity contribution is -1.92. The van der Waals surface area contributed by atoms with Gasteiger partial charge < -0.3 is 10.1 Å². The highest BCUT2D eigenvalue weighted by atomic mass is 35.7. The summed E-state index contributed by atoms with van der Waals surface area (Å²) in [7, 11) is -3.13. The van der Waals surface area contributed by atoms with E-state index in [0.29, 0.717) is 11.1 Å². The number of likely N-dealkylation sites (N-methyl/N-ethyl adjacent to an activating group) is 1. The van der Waals surface area contributed by atoms with Gasteiger partial charge in [0.05, 0.1) is 19.8 Å². The van der Waals surface area contributed by atoms with E-state index in [1.165, 1.54) is 25.1 Å². The van der Waals surface area contributed by atoms with Gasteiger partial charge >= 0.3 is 5.97 Å². The number of nitro benzene ring substituents is 1. The van der Waals surface area contributed by atoms with Crippen molar-refractivity contribution in [1.29, 1.82) is 0 Å². The molecule has 0 bridgehead atoms. The van der Waals surface area contributed by atoms with Crippen molar-refractivity contribution in [3.05, 3.63) is 75.8 Å². The number of rotatable bonds is 7. The third-order valence-electron chi connectivity index (χ3n) is 3.66. The van der Waals surface area contributed by atoms with E-state index in [2.05, 4.69) is 5.32 Å². The number of hydrogen-bond acceptors (Lipinski definition) is 10. The van der Waals surface area contributed by atoms with Crippen molar-refractivity contribution in [2.75, 3.05) is 7.05 Å². The van der Waals surface area contributed by atoms with Crippen molar-refractivity contribution in [2.24, 2.45) is 0 Å². The fourth-order valence-corrected chi connectivity index (χ4v) is 2.52. The zero-order chi connectivity index (χ0) is 22.9. The van der Waals surface area contributed by atoms with E-state index in [4.69, 9.17) is 23.4 Å². The van der Waals surface area contributed by atoms with Crippen LogP contribution in [0.1, 0.15) is 28.9 Å². The highest BCUT2D eigenvalue weighted by molar-refractivity contribution is 6.00. The largest absolute Gasteiger partial charge is 0.455 e.